The van der Waals surface area contributed by atoms with Crippen LogP contribution in [0.4, 0.5) is 11.4 Å². The second-order valence-electron chi connectivity index (χ2n) is 5.30. The Balaban J connectivity index is 2.36. The van der Waals surface area contributed by atoms with Crippen molar-refractivity contribution in [2.24, 2.45) is 0 Å². The van der Waals surface area contributed by atoms with Crippen LogP contribution < -0.4 is 10.6 Å². The number of thioether (sulfide) groups is 1. The van der Waals surface area contributed by atoms with Gasteiger partial charge in [0.15, 0.2) is 0 Å². The molecule has 1 aliphatic rings. The van der Waals surface area contributed by atoms with Crippen LogP contribution in [0.5, 0.6) is 0 Å². The number of anilines is 2. The molecule has 2 rings (SSSR count). The van der Waals surface area contributed by atoms with Crippen molar-refractivity contribution in [2.75, 3.05) is 36.6 Å². The Labute approximate surface area is 118 Å². The molecule has 1 heterocycles. The third kappa shape index (κ3) is 3.15. The van der Waals surface area contributed by atoms with Gasteiger partial charge in [-0.05, 0) is 32.0 Å². The molecule has 0 aromatic heterocycles. The zero-order valence-corrected chi connectivity index (χ0v) is 12.4. The molecule has 5 heteroatoms. The van der Waals surface area contributed by atoms with Crippen LogP contribution in [0.25, 0.3) is 0 Å². The van der Waals surface area contributed by atoms with E-state index in [0.717, 1.165) is 24.5 Å². The van der Waals surface area contributed by atoms with Gasteiger partial charge in [0.2, 0.25) is 0 Å². The molecule has 0 atom stereocenters. The zero-order chi connectivity index (χ0) is 14.0. The van der Waals surface area contributed by atoms with Crippen LogP contribution in [0.15, 0.2) is 18.2 Å². The lowest BCUT2D eigenvalue weighted by Crippen LogP contribution is -2.43. The topological polar surface area (TPSA) is 55.6 Å². The largest absolute Gasteiger partial charge is 0.465 e. The number of ether oxygens (including phenoxy) is 1. The molecule has 0 aliphatic carbocycles. The van der Waals surface area contributed by atoms with Crippen molar-refractivity contribution in [3.63, 3.8) is 0 Å². The van der Waals surface area contributed by atoms with Crippen LogP contribution in [0.1, 0.15) is 24.2 Å². The summed E-state index contributed by atoms with van der Waals surface area (Å²) < 4.78 is 5.04. The zero-order valence-electron chi connectivity index (χ0n) is 11.6. The summed E-state index contributed by atoms with van der Waals surface area (Å²) in [6, 6.07) is 5.43. The molecule has 1 saturated heterocycles. The first kappa shape index (κ1) is 14.1. The van der Waals surface area contributed by atoms with Crippen LogP contribution in [0, 0.1) is 0 Å². The molecule has 19 heavy (non-hydrogen) atoms. The maximum atomic E-state index is 11.9. The molecule has 0 radical (unpaired) electrons. The predicted octanol–water partition coefficient (Wildman–Crippen LogP) is 2.39. The smallest absolute Gasteiger partial charge is 0.340 e. The first-order valence-corrected chi connectivity index (χ1v) is 7.28. The van der Waals surface area contributed by atoms with Gasteiger partial charge in [-0.2, -0.15) is 11.8 Å². The molecule has 0 amide bonds. The Bertz CT molecular complexity index is 488. The van der Waals surface area contributed by atoms with E-state index in [2.05, 4.69) is 18.7 Å². The molecule has 1 fully saturated rings. The van der Waals surface area contributed by atoms with Crippen molar-refractivity contribution < 1.29 is 9.53 Å². The minimum Gasteiger partial charge on any atom is -0.465 e. The number of nitrogens with two attached hydrogens (primary N) is 1. The average molecular weight is 280 g/mol. The summed E-state index contributed by atoms with van der Waals surface area (Å²) in [5.74, 6) is 0.719. The number of methoxy groups -OCH3 is 1. The number of carbonyl (C=O) groups is 1. The van der Waals surface area contributed by atoms with Gasteiger partial charge in [0, 0.05) is 29.3 Å². The van der Waals surface area contributed by atoms with Gasteiger partial charge >= 0.3 is 5.97 Å². The number of nitrogen functional groups attached to an aromatic ring is 1. The van der Waals surface area contributed by atoms with Crippen molar-refractivity contribution in [2.45, 2.75) is 18.6 Å². The summed E-state index contributed by atoms with van der Waals surface area (Å²) in [6.45, 7) is 6.28. The second-order valence-corrected chi connectivity index (χ2v) is 7.10. The molecular formula is C14H20N2O2S. The minimum absolute atomic E-state index is 0.188. The monoisotopic (exact) mass is 280 g/mol. The summed E-state index contributed by atoms with van der Waals surface area (Å²) in [6.07, 6.45) is 0. The summed E-state index contributed by atoms with van der Waals surface area (Å²) in [5, 5.41) is 0. The molecule has 0 unspecified atom stereocenters. The van der Waals surface area contributed by atoms with Gasteiger partial charge in [0.1, 0.15) is 0 Å². The highest BCUT2D eigenvalue weighted by atomic mass is 32.2. The Morgan fingerprint density at radius 1 is 1.47 bits per heavy atom. The molecule has 2 N–H and O–H groups in total. The number of rotatable bonds is 2. The van der Waals surface area contributed by atoms with Crippen molar-refractivity contribution in [3.05, 3.63) is 23.8 Å². The van der Waals surface area contributed by atoms with Gasteiger partial charge in [0.25, 0.3) is 0 Å². The molecule has 1 aliphatic heterocycles. The van der Waals surface area contributed by atoms with E-state index in [1.54, 1.807) is 6.07 Å². The van der Waals surface area contributed by atoms with Gasteiger partial charge < -0.3 is 15.4 Å². The SMILES string of the molecule is COC(=O)c1cc(N)ccc1N1CCSC(C)(C)C1. The van der Waals surface area contributed by atoms with E-state index < -0.39 is 0 Å². The molecule has 104 valence electrons. The van der Waals surface area contributed by atoms with Gasteiger partial charge in [0.05, 0.1) is 18.4 Å². The quantitative estimate of drug-likeness (QED) is 0.666. The van der Waals surface area contributed by atoms with Gasteiger partial charge in [-0.15, -0.1) is 0 Å². The van der Waals surface area contributed by atoms with E-state index >= 15 is 0 Å². The van der Waals surface area contributed by atoms with Crippen molar-refractivity contribution in [1.29, 1.82) is 0 Å². The molecular weight excluding hydrogens is 260 g/mol. The molecule has 0 saturated carbocycles. The van der Waals surface area contributed by atoms with E-state index in [4.69, 9.17) is 10.5 Å². The fourth-order valence-corrected chi connectivity index (χ4v) is 3.44. The summed E-state index contributed by atoms with van der Waals surface area (Å²) in [7, 11) is 1.39. The maximum absolute atomic E-state index is 11.9. The normalized spacial score (nSPS) is 18.2. The van der Waals surface area contributed by atoms with Crippen molar-refractivity contribution in [1.82, 2.24) is 0 Å². The van der Waals surface area contributed by atoms with E-state index in [1.165, 1.54) is 7.11 Å². The van der Waals surface area contributed by atoms with E-state index in [0.29, 0.717) is 11.3 Å². The summed E-state index contributed by atoms with van der Waals surface area (Å²) in [4.78, 5) is 14.1. The number of benzene rings is 1. The van der Waals surface area contributed by atoms with Crippen LogP contribution in [-0.2, 0) is 4.74 Å². The van der Waals surface area contributed by atoms with Gasteiger partial charge in [-0.1, -0.05) is 0 Å². The molecule has 1 aromatic rings. The number of hydrogen-bond acceptors (Lipinski definition) is 5. The Hall–Kier alpha value is -1.36. The minimum atomic E-state index is -0.335. The summed E-state index contributed by atoms with van der Waals surface area (Å²) in [5.41, 5.74) is 7.81. The second kappa shape index (κ2) is 5.33. The average Bonchev–Trinajstić information content (AvgIpc) is 2.36. The fourth-order valence-electron chi connectivity index (χ4n) is 2.32. The van der Waals surface area contributed by atoms with Gasteiger partial charge in [-0.3, -0.25) is 0 Å². The number of carbonyl (C=O) groups excluding carboxylic acids is 1. The Kier molecular flexibility index (Phi) is 3.94. The van der Waals surface area contributed by atoms with Crippen LogP contribution >= 0.6 is 11.8 Å². The lowest BCUT2D eigenvalue weighted by molar-refractivity contribution is 0.0601. The van der Waals surface area contributed by atoms with E-state index in [9.17, 15) is 4.79 Å². The summed E-state index contributed by atoms with van der Waals surface area (Å²) >= 11 is 1.96. The number of hydrogen-bond donors (Lipinski definition) is 1. The Morgan fingerprint density at radius 3 is 2.84 bits per heavy atom. The van der Waals surface area contributed by atoms with Gasteiger partial charge in [-0.25, -0.2) is 4.79 Å². The van der Waals surface area contributed by atoms with E-state index in [-0.39, 0.29) is 10.7 Å². The molecule has 1 aromatic carbocycles. The third-order valence-corrected chi connectivity index (χ3v) is 4.49. The predicted molar refractivity (Wildman–Crippen MR) is 80.9 cm³/mol. The molecule has 0 spiro atoms. The first-order valence-electron chi connectivity index (χ1n) is 6.30. The van der Waals surface area contributed by atoms with E-state index in [1.807, 2.05) is 23.9 Å². The molecule has 0 bridgehead atoms. The molecule has 4 nitrogen and oxygen atoms in total. The fraction of sp³-hybridized carbons (Fsp3) is 0.500. The number of esters is 1. The maximum Gasteiger partial charge on any atom is 0.340 e. The van der Waals surface area contributed by atoms with Crippen molar-refractivity contribution in [3.8, 4) is 0 Å². The van der Waals surface area contributed by atoms with Crippen LogP contribution in [0.2, 0.25) is 0 Å². The number of nitrogens with zero attached hydrogens (tertiary/aromatic N) is 1. The third-order valence-electron chi connectivity index (χ3n) is 3.19. The highest BCUT2D eigenvalue weighted by Crippen LogP contribution is 2.34. The van der Waals surface area contributed by atoms with Crippen LogP contribution in [-0.4, -0.2) is 36.7 Å². The van der Waals surface area contributed by atoms with Crippen molar-refractivity contribution >= 4 is 29.1 Å². The lowest BCUT2D eigenvalue weighted by atomic mass is 10.1. The first-order chi connectivity index (χ1) is 8.93. The Morgan fingerprint density at radius 2 is 2.21 bits per heavy atom. The standard InChI is InChI=1S/C14H20N2O2S/c1-14(2)9-16(6-7-19-14)12-5-4-10(15)8-11(12)13(17)18-3/h4-5,8H,6-7,9,15H2,1-3H3. The highest BCUT2D eigenvalue weighted by molar-refractivity contribution is 8.00. The lowest BCUT2D eigenvalue weighted by Gasteiger charge is -2.39. The highest BCUT2D eigenvalue weighted by Gasteiger charge is 2.29. The van der Waals surface area contributed by atoms with Crippen LogP contribution in [0.3, 0.4) is 0 Å².